The van der Waals surface area contributed by atoms with Gasteiger partial charge in [0.1, 0.15) is 11.4 Å². The molecule has 1 aromatic heterocycles. The highest BCUT2D eigenvalue weighted by atomic mass is 16.5. The van der Waals surface area contributed by atoms with Crippen molar-refractivity contribution < 1.29 is 14.3 Å². The van der Waals surface area contributed by atoms with Crippen molar-refractivity contribution >= 4 is 16.8 Å². The Balaban J connectivity index is 1.52. The van der Waals surface area contributed by atoms with Gasteiger partial charge in [-0.15, -0.1) is 0 Å². The van der Waals surface area contributed by atoms with Gasteiger partial charge in [0.25, 0.3) is 5.91 Å². The highest BCUT2D eigenvalue weighted by Gasteiger charge is 2.35. The van der Waals surface area contributed by atoms with Crippen LogP contribution in [0.3, 0.4) is 0 Å². The first kappa shape index (κ1) is 18.6. The molecule has 1 aliphatic rings. The number of rotatable bonds is 6. The predicted octanol–water partition coefficient (Wildman–Crippen LogP) is 4.04. The molecule has 5 heteroatoms. The van der Waals surface area contributed by atoms with Crippen LogP contribution < -0.4 is 10.1 Å². The summed E-state index contributed by atoms with van der Waals surface area (Å²) < 4.78 is 11.2. The first-order valence-corrected chi connectivity index (χ1v) is 9.87. The van der Waals surface area contributed by atoms with E-state index in [1.807, 2.05) is 49.4 Å². The molecule has 3 aromatic rings. The standard InChI is InChI=1S/C23H26N2O3/c1-2-28-19-9-7-18(8-10-19)23(11-13-27-14-12-23)16-24-22(26)21-15-17-5-3-4-6-20(17)25-21/h3-10,15,25H,2,11-14,16H2,1H3,(H,24,26). The van der Waals surface area contributed by atoms with Crippen molar-refractivity contribution in [2.45, 2.75) is 25.2 Å². The first-order chi connectivity index (χ1) is 13.7. The predicted molar refractivity (Wildman–Crippen MR) is 110 cm³/mol. The number of carbonyl (C=O) groups is 1. The van der Waals surface area contributed by atoms with Gasteiger partial charge < -0.3 is 19.8 Å². The number of aromatic amines is 1. The van der Waals surface area contributed by atoms with E-state index in [4.69, 9.17) is 9.47 Å². The first-order valence-electron chi connectivity index (χ1n) is 9.87. The quantitative estimate of drug-likeness (QED) is 0.680. The zero-order valence-electron chi connectivity index (χ0n) is 16.2. The van der Waals surface area contributed by atoms with Gasteiger partial charge in [0.15, 0.2) is 0 Å². The molecule has 4 rings (SSSR count). The topological polar surface area (TPSA) is 63.3 Å². The molecule has 5 nitrogen and oxygen atoms in total. The normalized spacial score (nSPS) is 16.0. The Morgan fingerprint density at radius 3 is 2.61 bits per heavy atom. The smallest absolute Gasteiger partial charge is 0.267 e. The zero-order chi connectivity index (χ0) is 19.4. The molecule has 0 aliphatic carbocycles. The summed E-state index contributed by atoms with van der Waals surface area (Å²) >= 11 is 0. The van der Waals surface area contributed by atoms with Gasteiger partial charge in [-0.2, -0.15) is 0 Å². The summed E-state index contributed by atoms with van der Waals surface area (Å²) in [5.41, 5.74) is 2.66. The van der Waals surface area contributed by atoms with E-state index in [0.717, 1.165) is 29.5 Å². The summed E-state index contributed by atoms with van der Waals surface area (Å²) in [7, 11) is 0. The number of benzene rings is 2. The fraction of sp³-hybridized carbons (Fsp3) is 0.348. The number of nitrogens with one attached hydrogen (secondary N) is 2. The van der Waals surface area contributed by atoms with E-state index >= 15 is 0 Å². The van der Waals surface area contributed by atoms with Gasteiger partial charge in [-0.1, -0.05) is 30.3 Å². The lowest BCUT2D eigenvalue weighted by atomic mass is 9.74. The van der Waals surface area contributed by atoms with Crippen molar-refractivity contribution in [1.82, 2.24) is 10.3 Å². The fourth-order valence-electron chi connectivity index (χ4n) is 3.94. The Morgan fingerprint density at radius 2 is 1.89 bits per heavy atom. The molecule has 0 saturated carbocycles. The number of H-pyrrole nitrogens is 1. The van der Waals surface area contributed by atoms with Crippen LogP contribution in [0.2, 0.25) is 0 Å². The monoisotopic (exact) mass is 378 g/mol. The summed E-state index contributed by atoms with van der Waals surface area (Å²) in [6.45, 7) is 4.62. The second-order valence-electron chi connectivity index (χ2n) is 7.30. The maximum Gasteiger partial charge on any atom is 0.267 e. The van der Waals surface area contributed by atoms with Crippen molar-refractivity contribution in [1.29, 1.82) is 0 Å². The third-order valence-corrected chi connectivity index (χ3v) is 5.59. The Hall–Kier alpha value is -2.79. The molecule has 0 bridgehead atoms. The molecule has 0 unspecified atom stereocenters. The Kier molecular flexibility index (Phi) is 5.35. The number of carbonyl (C=O) groups excluding carboxylic acids is 1. The van der Waals surface area contributed by atoms with Crippen LogP contribution in [0, 0.1) is 0 Å². The fourth-order valence-corrected chi connectivity index (χ4v) is 3.94. The lowest BCUT2D eigenvalue weighted by molar-refractivity contribution is 0.0486. The van der Waals surface area contributed by atoms with E-state index < -0.39 is 0 Å². The third kappa shape index (κ3) is 3.76. The summed E-state index contributed by atoms with van der Waals surface area (Å²) in [4.78, 5) is 16.0. The van der Waals surface area contributed by atoms with Gasteiger partial charge in [-0.3, -0.25) is 4.79 Å². The number of hydrogen-bond donors (Lipinski definition) is 2. The van der Waals surface area contributed by atoms with Crippen LogP contribution in [0.5, 0.6) is 5.75 Å². The SMILES string of the molecule is CCOc1ccc(C2(CNC(=O)c3cc4ccccc4[nH]3)CCOCC2)cc1. The Labute approximate surface area is 165 Å². The summed E-state index contributed by atoms with van der Waals surface area (Å²) in [5.74, 6) is 0.795. The number of ether oxygens (including phenoxy) is 2. The van der Waals surface area contributed by atoms with Crippen molar-refractivity contribution in [3.63, 3.8) is 0 Å². The number of aromatic nitrogens is 1. The second kappa shape index (κ2) is 8.07. The van der Waals surface area contributed by atoms with Crippen LogP contribution in [0.15, 0.2) is 54.6 Å². The zero-order valence-corrected chi connectivity index (χ0v) is 16.2. The van der Waals surface area contributed by atoms with E-state index in [1.54, 1.807) is 0 Å². The lowest BCUT2D eigenvalue weighted by Crippen LogP contribution is -2.44. The van der Waals surface area contributed by atoms with E-state index in [9.17, 15) is 4.79 Å². The van der Waals surface area contributed by atoms with Gasteiger partial charge in [-0.05, 0) is 49.6 Å². The van der Waals surface area contributed by atoms with Crippen molar-refractivity contribution in [3.8, 4) is 5.75 Å². The van der Waals surface area contributed by atoms with Crippen LogP contribution in [-0.2, 0) is 10.2 Å². The minimum absolute atomic E-state index is 0.0759. The van der Waals surface area contributed by atoms with Crippen LogP contribution in [0.1, 0.15) is 35.8 Å². The maximum atomic E-state index is 12.8. The number of hydrogen-bond acceptors (Lipinski definition) is 3. The molecule has 2 aromatic carbocycles. The molecule has 1 fully saturated rings. The van der Waals surface area contributed by atoms with E-state index in [0.29, 0.717) is 32.1 Å². The number of amides is 1. The van der Waals surface area contributed by atoms with Crippen molar-refractivity contribution in [3.05, 3.63) is 65.9 Å². The molecule has 1 aliphatic heterocycles. The van der Waals surface area contributed by atoms with Crippen LogP contribution >= 0.6 is 0 Å². The van der Waals surface area contributed by atoms with E-state index in [1.165, 1.54) is 5.56 Å². The maximum absolute atomic E-state index is 12.8. The molecule has 2 N–H and O–H groups in total. The molecule has 0 radical (unpaired) electrons. The van der Waals surface area contributed by atoms with Crippen LogP contribution in [-0.4, -0.2) is 37.3 Å². The number of fused-ring (bicyclic) bond motifs is 1. The molecule has 146 valence electrons. The highest BCUT2D eigenvalue weighted by Crippen LogP contribution is 2.35. The van der Waals surface area contributed by atoms with Crippen LogP contribution in [0.25, 0.3) is 10.9 Å². The largest absolute Gasteiger partial charge is 0.494 e. The number of para-hydroxylation sites is 1. The highest BCUT2D eigenvalue weighted by molar-refractivity contribution is 5.98. The minimum atomic E-state index is -0.120. The molecule has 1 amide bonds. The van der Waals surface area contributed by atoms with E-state index in [2.05, 4.69) is 22.4 Å². The van der Waals surface area contributed by atoms with E-state index in [-0.39, 0.29) is 11.3 Å². The molecule has 2 heterocycles. The Bertz CT molecular complexity index is 907. The summed E-state index contributed by atoms with van der Waals surface area (Å²) in [6, 6.07) is 18.1. The molecule has 1 saturated heterocycles. The summed E-state index contributed by atoms with van der Waals surface area (Å²) in [6.07, 6.45) is 1.77. The van der Waals surface area contributed by atoms with Gasteiger partial charge >= 0.3 is 0 Å². The van der Waals surface area contributed by atoms with Gasteiger partial charge in [0.2, 0.25) is 0 Å². The third-order valence-electron chi connectivity index (χ3n) is 5.59. The molecular weight excluding hydrogens is 352 g/mol. The lowest BCUT2D eigenvalue weighted by Gasteiger charge is -2.38. The van der Waals surface area contributed by atoms with Crippen LogP contribution in [0.4, 0.5) is 0 Å². The van der Waals surface area contributed by atoms with Gasteiger partial charge in [-0.25, -0.2) is 0 Å². The minimum Gasteiger partial charge on any atom is -0.494 e. The average Bonchev–Trinajstić information content (AvgIpc) is 3.18. The second-order valence-corrected chi connectivity index (χ2v) is 7.30. The molecule has 0 atom stereocenters. The molecule has 0 spiro atoms. The van der Waals surface area contributed by atoms with Gasteiger partial charge in [0, 0.05) is 36.1 Å². The summed E-state index contributed by atoms with van der Waals surface area (Å²) in [5, 5.41) is 4.19. The molecule has 28 heavy (non-hydrogen) atoms. The van der Waals surface area contributed by atoms with Gasteiger partial charge in [0.05, 0.1) is 6.61 Å². The van der Waals surface area contributed by atoms with Crippen molar-refractivity contribution in [2.24, 2.45) is 0 Å². The Morgan fingerprint density at radius 1 is 1.14 bits per heavy atom. The average molecular weight is 378 g/mol. The molecular formula is C23H26N2O3. The van der Waals surface area contributed by atoms with Crippen molar-refractivity contribution in [2.75, 3.05) is 26.4 Å².